The molecule has 0 fully saturated rings. The van der Waals surface area contributed by atoms with E-state index in [4.69, 9.17) is 0 Å². The predicted molar refractivity (Wildman–Crippen MR) is 79.4 cm³/mol. The Morgan fingerprint density at radius 2 is 1.89 bits per heavy atom. The molecule has 0 saturated heterocycles. The molecule has 0 aromatic heterocycles. The predicted octanol–water partition coefficient (Wildman–Crippen LogP) is 2.48. The van der Waals surface area contributed by atoms with Crippen LogP contribution in [0.1, 0.15) is 20.8 Å². The highest BCUT2D eigenvalue weighted by Crippen LogP contribution is 2.27. The van der Waals surface area contributed by atoms with E-state index in [0.29, 0.717) is 11.0 Å². The minimum atomic E-state index is -3.61. The molecule has 0 aliphatic heterocycles. The van der Waals surface area contributed by atoms with Gasteiger partial charge < -0.3 is 5.11 Å². The normalized spacial score (nSPS) is 14.1. The third kappa shape index (κ3) is 3.56. The number of nitrogens with zero attached hydrogens (tertiary/aromatic N) is 1. The largest absolute Gasteiger partial charge is 0.395 e. The van der Waals surface area contributed by atoms with Crippen LogP contribution in [0.25, 0.3) is 0 Å². The van der Waals surface area contributed by atoms with Gasteiger partial charge in [0.25, 0.3) is 0 Å². The molecule has 0 unspecified atom stereocenters. The number of aliphatic hydroxyl groups is 1. The lowest BCUT2D eigenvalue weighted by Gasteiger charge is -2.31. The molecule has 1 N–H and O–H groups in total. The van der Waals surface area contributed by atoms with Crippen LogP contribution in [0.2, 0.25) is 0 Å². The number of hydrogen-bond acceptors (Lipinski definition) is 3. The highest BCUT2D eigenvalue weighted by Gasteiger charge is 2.32. The summed E-state index contributed by atoms with van der Waals surface area (Å²) in [5.41, 5.74) is 0. The Morgan fingerprint density at radius 1 is 1.32 bits per heavy atom. The van der Waals surface area contributed by atoms with Crippen LogP contribution in [-0.4, -0.2) is 37.0 Å². The number of benzene rings is 1. The van der Waals surface area contributed by atoms with Gasteiger partial charge in [-0.3, -0.25) is 0 Å². The van der Waals surface area contributed by atoms with Crippen LogP contribution in [0.3, 0.4) is 0 Å². The van der Waals surface area contributed by atoms with Crippen LogP contribution in [0.4, 0.5) is 0 Å². The van der Waals surface area contributed by atoms with E-state index in [9.17, 15) is 13.5 Å². The van der Waals surface area contributed by atoms with E-state index < -0.39 is 16.1 Å². The van der Waals surface area contributed by atoms with E-state index in [1.165, 1.54) is 4.31 Å². The molecular formula is C13H20BrNO3S. The highest BCUT2D eigenvalue weighted by atomic mass is 79.9. The Labute approximate surface area is 123 Å². The second-order valence-electron chi connectivity index (χ2n) is 4.63. The zero-order valence-corrected chi connectivity index (χ0v) is 13.8. The first-order chi connectivity index (χ1) is 8.86. The molecule has 0 saturated carbocycles. The summed E-state index contributed by atoms with van der Waals surface area (Å²) >= 11 is 3.27. The Bertz CT molecular complexity index is 516. The molecule has 0 aliphatic carbocycles. The first kappa shape index (κ1) is 16.6. The van der Waals surface area contributed by atoms with Crippen molar-refractivity contribution in [2.75, 3.05) is 13.2 Å². The molecule has 1 atom stereocenters. The lowest BCUT2D eigenvalue weighted by molar-refractivity contribution is 0.155. The SMILES string of the molecule is CCN([C@H](CO)C(C)C)S(=O)(=O)c1ccccc1Br. The Morgan fingerprint density at radius 3 is 2.32 bits per heavy atom. The molecular weight excluding hydrogens is 330 g/mol. The van der Waals surface area contributed by atoms with Crippen molar-refractivity contribution < 1.29 is 13.5 Å². The second-order valence-corrected chi connectivity index (χ2v) is 7.35. The van der Waals surface area contributed by atoms with Gasteiger partial charge >= 0.3 is 0 Å². The van der Waals surface area contributed by atoms with Crippen molar-refractivity contribution in [1.82, 2.24) is 4.31 Å². The Kier molecular flexibility index (Phi) is 5.98. The Balaban J connectivity index is 3.27. The molecule has 19 heavy (non-hydrogen) atoms. The molecule has 0 aliphatic rings. The summed E-state index contributed by atoms with van der Waals surface area (Å²) in [6.07, 6.45) is 0. The molecule has 0 heterocycles. The molecule has 1 aromatic carbocycles. The average molecular weight is 350 g/mol. The fraction of sp³-hybridized carbons (Fsp3) is 0.538. The third-order valence-electron chi connectivity index (χ3n) is 3.06. The van der Waals surface area contributed by atoms with Crippen molar-refractivity contribution in [2.24, 2.45) is 5.92 Å². The summed E-state index contributed by atoms with van der Waals surface area (Å²) in [4.78, 5) is 0.232. The summed E-state index contributed by atoms with van der Waals surface area (Å²) in [5.74, 6) is 0.0437. The maximum atomic E-state index is 12.7. The van der Waals surface area contributed by atoms with Crippen molar-refractivity contribution in [3.05, 3.63) is 28.7 Å². The molecule has 0 bridgehead atoms. The molecule has 1 aromatic rings. The van der Waals surface area contributed by atoms with E-state index in [-0.39, 0.29) is 17.4 Å². The van der Waals surface area contributed by atoms with Crippen molar-refractivity contribution in [3.8, 4) is 0 Å². The minimum Gasteiger partial charge on any atom is -0.395 e. The molecule has 6 heteroatoms. The maximum absolute atomic E-state index is 12.7. The number of halogens is 1. The van der Waals surface area contributed by atoms with Crippen LogP contribution in [0.15, 0.2) is 33.6 Å². The second kappa shape index (κ2) is 6.83. The van der Waals surface area contributed by atoms with Gasteiger partial charge in [-0.25, -0.2) is 8.42 Å². The number of hydrogen-bond donors (Lipinski definition) is 1. The Hall–Kier alpha value is -0.430. The number of rotatable bonds is 6. The quantitative estimate of drug-likeness (QED) is 0.858. The fourth-order valence-corrected chi connectivity index (χ4v) is 4.72. The van der Waals surface area contributed by atoms with Crippen LogP contribution in [-0.2, 0) is 10.0 Å². The zero-order valence-electron chi connectivity index (χ0n) is 11.4. The summed E-state index contributed by atoms with van der Waals surface area (Å²) < 4.78 is 27.2. The molecule has 0 spiro atoms. The molecule has 1 rings (SSSR count). The van der Waals surface area contributed by atoms with Crippen LogP contribution >= 0.6 is 15.9 Å². The van der Waals surface area contributed by atoms with E-state index in [1.807, 2.05) is 13.8 Å². The van der Waals surface area contributed by atoms with Crippen molar-refractivity contribution in [2.45, 2.75) is 31.7 Å². The fourth-order valence-electron chi connectivity index (χ4n) is 2.00. The molecule has 108 valence electrons. The summed E-state index contributed by atoms with van der Waals surface area (Å²) in [5, 5.41) is 9.46. The number of likely N-dealkylation sites (N-methyl/N-ethyl adjacent to an activating group) is 1. The average Bonchev–Trinajstić information content (AvgIpc) is 2.35. The molecule has 0 amide bonds. The van der Waals surface area contributed by atoms with Crippen molar-refractivity contribution in [3.63, 3.8) is 0 Å². The monoisotopic (exact) mass is 349 g/mol. The van der Waals surface area contributed by atoms with E-state index in [1.54, 1.807) is 31.2 Å². The van der Waals surface area contributed by atoms with E-state index in [2.05, 4.69) is 15.9 Å². The van der Waals surface area contributed by atoms with Gasteiger partial charge in [-0.15, -0.1) is 0 Å². The van der Waals surface area contributed by atoms with Gasteiger partial charge in [0, 0.05) is 11.0 Å². The van der Waals surface area contributed by atoms with E-state index in [0.717, 1.165) is 0 Å². The van der Waals surface area contributed by atoms with E-state index >= 15 is 0 Å². The lowest BCUT2D eigenvalue weighted by Crippen LogP contribution is -2.45. The van der Waals surface area contributed by atoms with Gasteiger partial charge in [0.05, 0.1) is 17.5 Å². The van der Waals surface area contributed by atoms with Crippen LogP contribution < -0.4 is 0 Å². The maximum Gasteiger partial charge on any atom is 0.244 e. The summed E-state index contributed by atoms with van der Waals surface area (Å²) in [6, 6.07) is 6.31. The van der Waals surface area contributed by atoms with Gasteiger partial charge in [-0.1, -0.05) is 32.9 Å². The first-order valence-corrected chi connectivity index (χ1v) is 8.46. The van der Waals surface area contributed by atoms with Gasteiger partial charge in [0.2, 0.25) is 10.0 Å². The van der Waals surface area contributed by atoms with Crippen LogP contribution in [0.5, 0.6) is 0 Å². The van der Waals surface area contributed by atoms with Crippen molar-refractivity contribution >= 4 is 26.0 Å². The third-order valence-corrected chi connectivity index (χ3v) is 6.07. The summed E-state index contributed by atoms with van der Waals surface area (Å²) in [6.45, 7) is 5.72. The van der Waals surface area contributed by atoms with Gasteiger partial charge in [-0.05, 0) is 34.0 Å². The molecule has 4 nitrogen and oxygen atoms in total. The highest BCUT2D eigenvalue weighted by molar-refractivity contribution is 9.10. The molecule has 0 radical (unpaired) electrons. The summed E-state index contributed by atoms with van der Waals surface area (Å²) in [7, 11) is -3.61. The van der Waals surface area contributed by atoms with Gasteiger partial charge in [0.1, 0.15) is 0 Å². The minimum absolute atomic E-state index is 0.0437. The smallest absolute Gasteiger partial charge is 0.244 e. The topological polar surface area (TPSA) is 57.6 Å². The number of aliphatic hydroxyl groups excluding tert-OH is 1. The first-order valence-electron chi connectivity index (χ1n) is 6.23. The standard InChI is InChI=1S/C13H20BrNO3S/c1-4-15(12(9-16)10(2)3)19(17,18)13-8-6-5-7-11(13)14/h5-8,10,12,16H,4,9H2,1-3H3/t12-/m1/s1. The van der Waals surface area contributed by atoms with Gasteiger partial charge in [0.15, 0.2) is 0 Å². The zero-order chi connectivity index (χ0) is 14.6. The lowest BCUT2D eigenvalue weighted by atomic mass is 10.1. The van der Waals surface area contributed by atoms with Crippen LogP contribution in [0, 0.1) is 5.92 Å². The van der Waals surface area contributed by atoms with Crippen molar-refractivity contribution in [1.29, 1.82) is 0 Å². The number of sulfonamides is 1. The van der Waals surface area contributed by atoms with Gasteiger partial charge in [-0.2, -0.15) is 4.31 Å².